The molecule has 0 radical (unpaired) electrons. The van der Waals surface area contributed by atoms with Crippen LogP contribution in [0.25, 0.3) is 0 Å². The minimum atomic E-state index is 0.357. The van der Waals surface area contributed by atoms with Gasteiger partial charge in [0.05, 0.1) is 0 Å². The van der Waals surface area contributed by atoms with Gasteiger partial charge in [0.1, 0.15) is 0 Å². The van der Waals surface area contributed by atoms with Crippen LogP contribution in [0.15, 0.2) is 0 Å². The second kappa shape index (κ2) is 10.1. The Labute approximate surface area is 118 Å². The molecule has 1 saturated heterocycles. The second-order valence-corrected chi connectivity index (χ2v) is 7.14. The minimum absolute atomic E-state index is 0.357. The van der Waals surface area contributed by atoms with Gasteiger partial charge >= 0.3 is 0 Å². The lowest BCUT2D eigenvalue weighted by Gasteiger charge is -2.29. The van der Waals surface area contributed by atoms with Crippen LogP contribution in [0.3, 0.4) is 0 Å². The fraction of sp³-hybridized carbons (Fsp3) is 1.00. The Kier molecular flexibility index (Phi) is 9.16. The molecule has 1 fully saturated rings. The highest BCUT2D eigenvalue weighted by Gasteiger charge is 2.14. The maximum atomic E-state index is 8.77. The molecule has 18 heavy (non-hydrogen) atoms. The van der Waals surface area contributed by atoms with Crippen molar-refractivity contribution < 1.29 is 5.11 Å². The first-order chi connectivity index (χ1) is 8.72. The third kappa shape index (κ3) is 7.65. The fourth-order valence-electron chi connectivity index (χ4n) is 2.63. The highest BCUT2D eigenvalue weighted by molar-refractivity contribution is 7.99. The molecule has 2 nitrogen and oxygen atoms in total. The Morgan fingerprint density at radius 2 is 1.67 bits per heavy atom. The van der Waals surface area contributed by atoms with Crippen molar-refractivity contribution in [3.8, 4) is 0 Å². The van der Waals surface area contributed by atoms with E-state index < -0.39 is 0 Å². The number of unbranched alkanes of at least 4 members (excludes halogenated alkanes) is 1. The van der Waals surface area contributed by atoms with Gasteiger partial charge in [0.25, 0.3) is 0 Å². The van der Waals surface area contributed by atoms with Crippen LogP contribution in [-0.2, 0) is 0 Å². The van der Waals surface area contributed by atoms with Crippen LogP contribution in [0.5, 0.6) is 0 Å². The number of nitrogens with zero attached hydrogens (tertiary/aromatic N) is 1. The summed E-state index contributed by atoms with van der Waals surface area (Å²) in [6.07, 6.45) is 6.17. The molecule has 0 spiro atoms. The van der Waals surface area contributed by atoms with Gasteiger partial charge in [-0.05, 0) is 24.7 Å². The van der Waals surface area contributed by atoms with Gasteiger partial charge < -0.3 is 10.0 Å². The SMILES string of the molecule is CC(CCCCO)CCC(C)CN1CCSCC1. The van der Waals surface area contributed by atoms with E-state index in [9.17, 15) is 0 Å². The fourth-order valence-corrected chi connectivity index (χ4v) is 3.61. The van der Waals surface area contributed by atoms with Crippen molar-refractivity contribution in [1.29, 1.82) is 0 Å². The Morgan fingerprint density at radius 1 is 1.00 bits per heavy atom. The average Bonchev–Trinajstić information content (AvgIpc) is 2.38. The van der Waals surface area contributed by atoms with E-state index in [2.05, 4.69) is 30.5 Å². The molecule has 1 heterocycles. The molecule has 1 aliphatic rings. The van der Waals surface area contributed by atoms with Gasteiger partial charge in [-0.25, -0.2) is 0 Å². The van der Waals surface area contributed by atoms with Crippen LogP contribution in [0.1, 0.15) is 46.0 Å². The van der Waals surface area contributed by atoms with Gasteiger partial charge in [-0.1, -0.05) is 33.1 Å². The Hall–Kier alpha value is 0.270. The zero-order valence-corrected chi connectivity index (χ0v) is 13.1. The van der Waals surface area contributed by atoms with Crippen molar-refractivity contribution in [2.45, 2.75) is 46.0 Å². The molecule has 0 aromatic rings. The molecule has 0 saturated carbocycles. The van der Waals surface area contributed by atoms with Crippen molar-refractivity contribution in [1.82, 2.24) is 4.90 Å². The first-order valence-electron chi connectivity index (χ1n) is 7.63. The molecule has 0 aromatic carbocycles. The highest BCUT2D eigenvalue weighted by Crippen LogP contribution is 2.19. The largest absolute Gasteiger partial charge is 0.396 e. The lowest BCUT2D eigenvalue weighted by atomic mass is 9.94. The van der Waals surface area contributed by atoms with E-state index in [4.69, 9.17) is 5.11 Å². The molecule has 0 aromatic heterocycles. The Morgan fingerprint density at radius 3 is 2.33 bits per heavy atom. The summed E-state index contributed by atoms with van der Waals surface area (Å²) in [6, 6.07) is 0. The zero-order chi connectivity index (χ0) is 13.2. The first-order valence-corrected chi connectivity index (χ1v) is 8.78. The van der Waals surface area contributed by atoms with Crippen LogP contribution in [0.4, 0.5) is 0 Å². The van der Waals surface area contributed by atoms with Gasteiger partial charge in [0.2, 0.25) is 0 Å². The summed E-state index contributed by atoms with van der Waals surface area (Å²) in [7, 11) is 0. The monoisotopic (exact) mass is 273 g/mol. The number of hydrogen-bond donors (Lipinski definition) is 1. The topological polar surface area (TPSA) is 23.5 Å². The van der Waals surface area contributed by atoms with Crippen molar-refractivity contribution in [3.05, 3.63) is 0 Å². The number of aliphatic hydroxyl groups is 1. The molecular weight excluding hydrogens is 242 g/mol. The van der Waals surface area contributed by atoms with E-state index in [1.807, 2.05) is 0 Å². The van der Waals surface area contributed by atoms with E-state index >= 15 is 0 Å². The van der Waals surface area contributed by atoms with Crippen LogP contribution < -0.4 is 0 Å². The van der Waals surface area contributed by atoms with Crippen LogP contribution >= 0.6 is 11.8 Å². The predicted octanol–water partition coefficient (Wildman–Crippen LogP) is 3.25. The summed E-state index contributed by atoms with van der Waals surface area (Å²) in [5, 5.41) is 8.77. The standard InChI is InChI=1S/C15H31NOS/c1-14(5-3-4-10-17)6-7-15(2)13-16-8-11-18-12-9-16/h14-15,17H,3-13H2,1-2H3. The lowest BCUT2D eigenvalue weighted by molar-refractivity contribution is 0.243. The maximum Gasteiger partial charge on any atom is 0.0431 e. The molecule has 0 bridgehead atoms. The molecule has 0 aliphatic carbocycles. The third-order valence-corrected chi connectivity index (χ3v) is 4.87. The van der Waals surface area contributed by atoms with Crippen molar-refractivity contribution >= 4 is 11.8 Å². The Bertz CT molecular complexity index is 195. The molecule has 3 heteroatoms. The van der Waals surface area contributed by atoms with Crippen molar-refractivity contribution in [2.75, 3.05) is 37.7 Å². The molecule has 1 aliphatic heterocycles. The highest BCUT2D eigenvalue weighted by atomic mass is 32.2. The van der Waals surface area contributed by atoms with Crippen LogP contribution in [0.2, 0.25) is 0 Å². The quantitative estimate of drug-likeness (QED) is 0.652. The normalized spacial score (nSPS) is 20.8. The van der Waals surface area contributed by atoms with E-state index in [-0.39, 0.29) is 0 Å². The van der Waals surface area contributed by atoms with E-state index in [0.717, 1.165) is 18.3 Å². The van der Waals surface area contributed by atoms with Crippen LogP contribution in [0, 0.1) is 11.8 Å². The van der Waals surface area contributed by atoms with Crippen molar-refractivity contribution in [2.24, 2.45) is 11.8 Å². The van der Waals surface area contributed by atoms with Crippen molar-refractivity contribution in [3.63, 3.8) is 0 Å². The van der Waals surface area contributed by atoms with Crippen LogP contribution in [-0.4, -0.2) is 47.8 Å². The number of aliphatic hydroxyl groups excluding tert-OH is 1. The van der Waals surface area contributed by atoms with E-state index in [0.29, 0.717) is 6.61 Å². The lowest BCUT2D eigenvalue weighted by Crippen LogP contribution is -2.35. The number of hydrogen-bond acceptors (Lipinski definition) is 3. The smallest absolute Gasteiger partial charge is 0.0431 e. The zero-order valence-electron chi connectivity index (χ0n) is 12.2. The summed E-state index contributed by atoms with van der Waals surface area (Å²) < 4.78 is 0. The van der Waals surface area contributed by atoms with Gasteiger partial charge in [-0.2, -0.15) is 11.8 Å². The molecule has 1 rings (SSSR count). The second-order valence-electron chi connectivity index (χ2n) is 5.92. The summed E-state index contributed by atoms with van der Waals surface area (Å²) in [4.78, 5) is 2.64. The molecule has 0 amide bonds. The summed E-state index contributed by atoms with van der Waals surface area (Å²) in [6.45, 7) is 9.01. The van der Waals surface area contributed by atoms with Gasteiger partial charge in [-0.15, -0.1) is 0 Å². The summed E-state index contributed by atoms with van der Waals surface area (Å²) >= 11 is 2.09. The molecule has 2 unspecified atom stereocenters. The molecule has 108 valence electrons. The van der Waals surface area contributed by atoms with E-state index in [1.165, 1.54) is 56.8 Å². The minimum Gasteiger partial charge on any atom is -0.396 e. The summed E-state index contributed by atoms with van der Waals surface area (Å²) in [5.74, 6) is 4.32. The van der Waals surface area contributed by atoms with Gasteiger partial charge in [-0.3, -0.25) is 0 Å². The number of rotatable bonds is 9. The Balaban J connectivity index is 2.02. The van der Waals surface area contributed by atoms with Gasteiger partial charge in [0.15, 0.2) is 0 Å². The third-order valence-electron chi connectivity index (χ3n) is 3.93. The molecular formula is C15H31NOS. The maximum absolute atomic E-state index is 8.77. The molecule has 2 atom stereocenters. The number of thioether (sulfide) groups is 1. The summed E-state index contributed by atoms with van der Waals surface area (Å²) in [5.41, 5.74) is 0. The average molecular weight is 273 g/mol. The molecule has 1 N–H and O–H groups in total. The van der Waals surface area contributed by atoms with Gasteiger partial charge in [0, 0.05) is 37.7 Å². The van der Waals surface area contributed by atoms with E-state index in [1.54, 1.807) is 0 Å². The predicted molar refractivity (Wildman–Crippen MR) is 82.3 cm³/mol. The first kappa shape index (κ1) is 16.3.